The van der Waals surface area contributed by atoms with Gasteiger partial charge in [0.15, 0.2) is 5.82 Å². The fourth-order valence-corrected chi connectivity index (χ4v) is 1.45. The van der Waals surface area contributed by atoms with Gasteiger partial charge in [0.1, 0.15) is 5.84 Å². The molecule has 0 spiro atoms. The molecule has 0 saturated carbocycles. The lowest BCUT2D eigenvalue weighted by Crippen LogP contribution is -2.12. The Morgan fingerprint density at radius 1 is 1.19 bits per heavy atom. The van der Waals surface area contributed by atoms with Gasteiger partial charge in [0, 0.05) is 16.8 Å². The van der Waals surface area contributed by atoms with Crippen LogP contribution in [0.2, 0.25) is 5.02 Å². The van der Waals surface area contributed by atoms with E-state index in [4.69, 9.17) is 17.3 Å². The number of aliphatic imine (C=N–C) groups is 1. The Kier molecular flexibility index (Phi) is 3.17. The number of benzene rings is 1. The Morgan fingerprint density at radius 2 is 2.06 bits per heavy atom. The molecule has 1 aromatic heterocycles. The van der Waals surface area contributed by atoms with Crippen LogP contribution in [-0.4, -0.2) is 10.8 Å². The first-order valence-electron chi connectivity index (χ1n) is 4.77. The fraction of sp³-hybridized carbons (Fsp3) is 0. The molecule has 0 aliphatic carbocycles. The number of amidine groups is 1. The van der Waals surface area contributed by atoms with Crippen molar-refractivity contribution in [2.45, 2.75) is 0 Å². The summed E-state index contributed by atoms with van der Waals surface area (Å²) in [4.78, 5) is 8.26. The lowest BCUT2D eigenvalue weighted by Gasteiger charge is -2.00. The standard InChI is InChI=1S/C12H10ClN3/c13-10-5-3-4-9(8-10)12(14)16-11-6-1-2-7-15-11/h1-8H,(H2,14,15,16). The SMILES string of the molecule is N/C(=N\c1ccccn1)c1cccc(Cl)c1. The van der Waals surface area contributed by atoms with Crippen molar-refractivity contribution in [1.82, 2.24) is 4.98 Å². The molecule has 4 heteroatoms. The van der Waals surface area contributed by atoms with Gasteiger partial charge in [0.25, 0.3) is 0 Å². The summed E-state index contributed by atoms with van der Waals surface area (Å²) in [5.74, 6) is 0.987. The van der Waals surface area contributed by atoms with Crippen LogP contribution in [0.1, 0.15) is 5.56 Å². The first kappa shape index (κ1) is 10.6. The Labute approximate surface area is 98.6 Å². The van der Waals surface area contributed by atoms with Gasteiger partial charge in [0.05, 0.1) is 0 Å². The summed E-state index contributed by atoms with van der Waals surface area (Å²) < 4.78 is 0. The predicted molar refractivity (Wildman–Crippen MR) is 66.1 cm³/mol. The summed E-state index contributed by atoms with van der Waals surface area (Å²) in [7, 11) is 0. The highest BCUT2D eigenvalue weighted by Gasteiger charge is 1.99. The topological polar surface area (TPSA) is 51.3 Å². The normalized spacial score (nSPS) is 11.4. The quantitative estimate of drug-likeness (QED) is 0.638. The summed E-state index contributed by atoms with van der Waals surface area (Å²) >= 11 is 5.87. The molecule has 0 aliphatic heterocycles. The smallest absolute Gasteiger partial charge is 0.154 e. The summed E-state index contributed by atoms with van der Waals surface area (Å²) in [5, 5.41) is 0.636. The summed E-state index contributed by atoms with van der Waals surface area (Å²) in [6.07, 6.45) is 1.67. The van der Waals surface area contributed by atoms with E-state index < -0.39 is 0 Å². The molecule has 3 nitrogen and oxygen atoms in total. The average molecular weight is 232 g/mol. The number of pyridine rings is 1. The third-order valence-electron chi connectivity index (χ3n) is 2.00. The van der Waals surface area contributed by atoms with Crippen LogP contribution in [0.4, 0.5) is 5.82 Å². The number of hydrogen-bond acceptors (Lipinski definition) is 2. The monoisotopic (exact) mass is 231 g/mol. The molecule has 0 bridgehead atoms. The molecular formula is C12H10ClN3. The molecule has 0 radical (unpaired) electrons. The fourth-order valence-electron chi connectivity index (χ4n) is 1.26. The number of nitrogens with two attached hydrogens (primary N) is 1. The second-order valence-corrected chi connectivity index (χ2v) is 3.63. The van der Waals surface area contributed by atoms with Crippen molar-refractivity contribution in [2.75, 3.05) is 0 Å². The van der Waals surface area contributed by atoms with Crippen molar-refractivity contribution in [1.29, 1.82) is 0 Å². The number of halogens is 1. The van der Waals surface area contributed by atoms with Crippen molar-refractivity contribution < 1.29 is 0 Å². The lowest BCUT2D eigenvalue weighted by atomic mass is 10.2. The van der Waals surface area contributed by atoms with Gasteiger partial charge in [-0.25, -0.2) is 9.98 Å². The molecule has 16 heavy (non-hydrogen) atoms. The molecule has 0 fully saturated rings. The van der Waals surface area contributed by atoms with E-state index in [1.807, 2.05) is 24.3 Å². The number of aromatic nitrogens is 1. The number of nitrogens with zero attached hydrogens (tertiary/aromatic N) is 2. The van der Waals surface area contributed by atoms with Crippen LogP contribution in [0, 0.1) is 0 Å². The maximum absolute atomic E-state index is 5.87. The summed E-state index contributed by atoms with van der Waals surface area (Å²) in [6.45, 7) is 0. The molecule has 1 aromatic carbocycles. The van der Waals surface area contributed by atoms with Crippen LogP contribution >= 0.6 is 11.6 Å². The number of hydrogen-bond donors (Lipinski definition) is 1. The van der Waals surface area contributed by atoms with Gasteiger partial charge in [-0.15, -0.1) is 0 Å². The van der Waals surface area contributed by atoms with Crippen LogP contribution in [0.25, 0.3) is 0 Å². The minimum Gasteiger partial charge on any atom is -0.383 e. The van der Waals surface area contributed by atoms with Crippen LogP contribution < -0.4 is 5.73 Å². The van der Waals surface area contributed by atoms with Crippen LogP contribution in [0.5, 0.6) is 0 Å². The minimum atomic E-state index is 0.404. The van der Waals surface area contributed by atoms with E-state index in [9.17, 15) is 0 Å². The lowest BCUT2D eigenvalue weighted by molar-refractivity contribution is 1.26. The molecule has 0 amide bonds. The van der Waals surface area contributed by atoms with E-state index in [1.54, 1.807) is 24.4 Å². The third kappa shape index (κ3) is 2.58. The van der Waals surface area contributed by atoms with E-state index in [1.165, 1.54) is 0 Å². The highest BCUT2D eigenvalue weighted by atomic mass is 35.5. The maximum Gasteiger partial charge on any atom is 0.154 e. The maximum atomic E-state index is 5.87. The van der Waals surface area contributed by atoms with Crippen molar-refractivity contribution in [2.24, 2.45) is 10.7 Å². The molecule has 0 saturated heterocycles. The van der Waals surface area contributed by atoms with Gasteiger partial charge < -0.3 is 5.73 Å². The molecular weight excluding hydrogens is 222 g/mol. The zero-order chi connectivity index (χ0) is 11.4. The Morgan fingerprint density at radius 3 is 2.75 bits per heavy atom. The van der Waals surface area contributed by atoms with Crippen molar-refractivity contribution in [3.63, 3.8) is 0 Å². The van der Waals surface area contributed by atoms with E-state index in [2.05, 4.69) is 9.98 Å². The molecule has 2 aromatic rings. The largest absolute Gasteiger partial charge is 0.383 e. The van der Waals surface area contributed by atoms with E-state index in [0.717, 1.165) is 5.56 Å². The van der Waals surface area contributed by atoms with Crippen LogP contribution in [0.3, 0.4) is 0 Å². The first-order valence-corrected chi connectivity index (χ1v) is 5.14. The molecule has 0 atom stereocenters. The molecule has 80 valence electrons. The van der Waals surface area contributed by atoms with E-state index in [-0.39, 0.29) is 0 Å². The van der Waals surface area contributed by atoms with Gasteiger partial charge in [-0.2, -0.15) is 0 Å². The van der Waals surface area contributed by atoms with Gasteiger partial charge in [-0.05, 0) is 24.3 Å². The van der Waals surface area contributed by atoms with Gasteiger partial charge in [0.2, 0.25) is 0 Å². The zero-order valence-electron chi connectivity index (χ0n) is 8.47. The average Bonchev–Trinajstić information content (AvgIpc) is 2.30. The molecule has 0 unspecified atom stereocenters. The van der Waals surface area contributed by atoms with Gasteiger partial charge in [-0.3, -0.25) is 0 Å². The molecule has 2 N–H and O–H groups in total. The van der Waals surface area contributed by atoms with Crippen LogP contribution in [-0.2, 0) is 0 Å². The Bertz CT molecular complexity index is 509. The third-order valence-corrected chi connectivity index (χ3v) is 2.24. The molecule has 0 aliphatic rings. The molecule has 2 rings (SSSR count). The van der Waals surface area contributed by atoms with Crippen molar-refractivity contribution >= 4 is 23.3 Å². The second kappa shape index (κ2) is 4.77. The number of rotatable bonds is 2. The Balaban J connectivity index is 2.32. The van der Waals surface area contributed by atoms with E-state index >= 15 is 0 Å². The molecule has 1 heterocycles. The van der Waals surface area contributed by atoms with E-state index in [0.29, 0.717) is 16.7 Å². The Hall–Kier alpha value is -1.87. The minimum absolute atomic E-state index is 0.404. The first-order chi connectivity index (χ1) is 7.75. The zero-order valence-corrected chi connectivity index (χ0v) is 9.22. The summed E-state index contributed by atoms with van der Waals surface area (Å²) in [5.41, 5.74) is 6.64. The predicted octanol–water partition coefficient (Wildman–Crippen LogP) is 2.77. The van der Waals surface area contributed by atoms with Crippen LogP contribution in [0.15, 0.2) is 53.7 Å². The van der Waals surface area contributed by atoms with Gasteiger partial charge >= 0.3 is 0 Å². The van der Waals surface area contributed by atoms with Crippen molar-refractivity contribution in [3.8, 4) is 0 Å². The highest BCUT2D eigenvalue weighted by Crippen LogP contribution is 2.12. The summed E-state index contributed by atoms with van der Waals surface area (Å²) in [6, 6.07) is 12.7. The second-order valence-electron chi connectivity index (χ2n) is 3.20. The van der Waals surface area contributed by atoms with Crippen molar-refractivity contribution in [3.05, 3.63) is 59.2 Å². The van der Waals surface area contributed by atoms with Gasteiger partial charge in [-0.1, -0.05) is 29.8 Å². The highest BCUT2D eigenvalue weighted by molar-refractivity contribution is 6.31.